The van der Waals surface area contributed by atoms with E-state index in [-0.39, 0.29) is 6.10 Å². The summed E-state index contributed by atoms with van der Waals surface area (Å²) in [5.74, 6) is 2.62. The number of aliphatic hydroxyl groups is 1. The Hall–Kier alpha value is -0.300. The SMILES string of the molecule is CCC1CCCC(C(O)C2CC(C)=CC(C)C2)C1. The van der Waals surface area contributed by atoms with Gasteiger partial charge in [0.25, 0.3) is 0 Å². The van der Waals surface area contributed by atoms with Crippen molar-refractivity contribution < 1.29 is 5.11 Å². The summed E-state index contributed by atoms with van der Waals surface area (Å²) in [7, 11) is 0. The molecule has 1 saturated carbocycles. The number of aliphatic hydroxyl groups excluding tert-OH is 1. The van der Waals surface area contributed by atoms with E-state index < -0.39 is 0 Å². The van der Waals surface area contributed by atoms with E-state index in [9.17, 15) is 5.11 Å². The molecule has 5 atom stereocenters. The molecule has 0 heterocycles. The van der Waals surface area contributed by atoms with Crippen LogP contribution >= 0.6 is 0 Å². The Morgan fingerprint density at radius 3 is 2.72 bits per heavy atom. The van der Waals surface area contributed by atoms with Gasteiger partial charge in [-0.1, -0.05) is 44.8 Å². The third kappa shape index (κ3) is 3.38. The Bertz CT molecular complexity index is 294. The van der Waals surface area contributed by atoms with Crippen molar-refractivity contribution in [1.29, 1.82) is 0 Å². The summed E-state index contributed by atoms with van der Waals surface area (Å²) >= 11 is 0. The van der Waals surface area contributed by atoms with Crippen molar-refractivity contribution in [2.24, 2.45) is 23.7 Å². The predicted octanol–water partition coefficient (Wildman–Crippen LogP) is 4.56. The van der Waals surface area contributed by atoms with E-state index in [2.05, 4.69) is 26.8 Å². The molecule has 2 aliphatic carbocycles. The second-order valence-corrected chi connectivity index (χ2v) is 6.88. The Labute approximate surface area is 113 Å². The molecule has 5 unspecified atom stereocenters. The zero-order valence-electron chi connectivity index (χ0n) is 12.4. The Morgan fingerprint density at radius 1 is 1.28 bits per heavy atom. The van der Waals surface area contributed by atoms with Crippen LogP contribution in [-0.4, -0.2) is 11.2 Å². The molecule has 2 aliphatic rings. The normalized spacial score (nSPS) is 39.2. The summed E-state index contributed by atoms with van der Waals surface area (Å²) in [5.41, 5.74) is 1.49. The van der Waals surface area contributed by atoms with Gasteiger partial charge in [-0.3, -0.25) is 0 Å². The van der Waals surface area contributed by atoms with Gasteiger partial charge in [0.2, 0.25) is 0 Å². The zero-order chi connectivity index (χ0) is 13.1. The first-order valence-corrected chi connectivity index (χ1v) is 7.95. The van der Waals surface area contributed by atoms with Gasteiger partial charge in [0, 0.05) is 0 Å². The summed E-state index contributed by atoms with van der Waals surface area (Å²) in [6.07, 6.45) is 11.2. The fourth-order valence-electron chi connectivity index (χ4n) is 4.25. The van der Waals surface area contributed by atoms with Crippen LogP contribution in [0.25, 0.3) is 0 Å². The molecular formula is C17H30O. The fourth-order valence-corrected chi connectivity index (χ4v) is 4.25. The first kappa shape index (κ1) is 14.1. The molecule has 0 aromatic carbocycles. The predicted molar refractivity (Wildman–Crippen MR) is 77.4 cm³/mol. The minimum Gasteiger partial charge on any atom is -0.393 e. The summed E-state index contributed by atoms with van der Waals surface area (Å²) in [4.78, 5) is 0. The van der Waals surface area contributed by atoms with Crippen LogP contribution < -0.4 is 0 Å². The van der Waals surface area contributed by atoms with E-state index in [1.807, 2.05) is 0 Å². The topological polar surface area (TPSA) is 20.2 Å². The van der Waals surface area contributed by atoms with E-state index in [0.29, 0.717) is 17.8 Å². The Balaban J connectivity index is 1.94. The van der Waals surface area contributed by atoms with Gasteiger partial charge in [-0.15, -0.1) is 0 Å². The van der Waals surface area contributed by atoms with Gasteiger partial charge in [-0.05, 0) is 56.3 Å². The lowest BCUT2D eigenvalue weighted by Crippen LogP contribution is -2.34. The van der Waals surface area contributed by atoms with Crippen molar-refractivity contribution in [3.8, 4) is 0 Å². The molecule has 1 fully saturated rings. The minimum atomic E-state index is -0.0505. The number of allylic oxidation sites excluding steroid dienone is 2. The van der Waals surface area contributed by atoms with Crippen molar-refractivity contribution in [3.05, 3.63) is 11.6 Å². The van der Waals surface area contributed by atoms with E-state index in [1.165, 1.54) is 44.1 Å². The third-order valence-electron chi connectivity index (χ3n) is 5.19. The molecule has 0 aromatic heterocycles. The van der Waals surface area contributed by atoms with E-state index in [1.54, 1.807) is 0 Å². The molecule has 0 spiro atoms. The maximum Gasteiger partial charge on any atom is 0.0599 e. The first-order chi connectivity index (χ1) is 8.60. The van der Waals surface area contributed by atoms with Crippen molar-refractivity contribution in [1.82, 2.24) is 0 Å². The second-order valence-electron chi connectivity index (χ2n) is 6.88. The first-order valence-electron chi connectivity index (χ1n) is 7.95. The van der Waals surface area contributed by atoms with Crippen molar-refractivity contribution >= 4 is 0 Å². The van der Waals surface area contributed by atoms with E-state index in [4.69, 9.17) is 0 Å². The molecule has 1 nitrogen and oxygen atoms in total. The monoisotopic (exact) mass is 250 g/mol. The molecule has 0 aliphatic heterocycles. The Kier molecular flexibility index (Phi) is 4.89. The lowest BCUT2D eigenvalue weighted by atomic mass is 9.71. The largest absolute Gasteiger partial charge is 0.393 e. The standard InChI is InChI=1S/C17H30O/c1-4-14-6-5-7-15(11-14)17(18)16-9-12(2)8-13(3)10-16/h8,12,14-18H,4-7,9-11H2,1-3H3. The zero-order valence-corrected chi connectivity index (χ0v) is 12.4. The van der Waals surface area contributed by atoms with Crippen LogP contribution in [-0.2, 0) is 0 Å². The number of hydrogen-bond acceptors (Lipinski definition) is 1. The van der Waals surface area contributed by atoms with Gasteiger partial charge in [-0.2, -0.15) is 0 Å². The highest BCUT2D eigenvalue weighted by molar-refractivity contribution is 5.07. The van der Waals surface area contributed by atoms with Crippen molar-refractivity contribution in [2.45, 2.75) is 71.8 Å². The molecule has 1 heteroatoms. The lowest BCUT2D eigenvalue weighted by Gasteiger charge is -2.37. The van der Waals surface area contributed by atoms with Gasteiger partial charge in [-0.25, -0.2) is 0 Å². The number of hydrogen-bond donors (Lipinski definition) is 1. The molecule has 18 heavy (non-hydrogen) atoms. The molecule has 2 rings (SSSR count). The van der Waals surface area contributed by atoms with Crippen LogP contribution in [0.3, 0.4) is 0 Å². The van der Waals surface area contributed by atoms with Crippen LogP contribution in [0.2, 0.25) is 0 Å². The van der Waals surface area contributed by atoms with Gasteiger partial charge >= 0.3 is 0 Å². The fraction of sp³-hybridized carbons (Fsp3) is 0.882. The highest BCUT2D eigenvalue weighted by Gasteiger charge is 2.33. The highest BCUT2D eigenvalue weighted by Crippen LogP contribution is 2.39. The molecular weight excluding hydrogens is 220 g/mol. The van der Waals surface area contributed by atoms with Crippen LogP contribution in [0.5, 0.6) is 0 Å². The summed E-state index contributed by atoms with van der Waals surface area (Å²) < 4.78 is 0. The van der Waals surface area contributed by atoms with Crippen LogP contribution in [0.4, 0.5) is 0 Å². The molecule has 0 aromatic rings. The summed E-state index contributed by atoms with van der Waals surface area (Å²) in [6.45, 7) is 6.82. The Morgan fingerprint density at radius 2 is 2.06 bits per heavy atom. The molecule has 104 valence electrons. The quantitative estimate of drug-likeness (QED) is 0.728. The van der Waals surface area contributed by atoms with Gasteiger partial charge in [0.05, 0.1) is 6.10 Å². The molecule has 0 bridgehead atoms. The van der Waals surface area contributed by atoms with Crippen molar-refractivity contribution in [2.75, 3.05) is 0 Å². The van der Waals surface area contributed by atoms with Gasteiger partial charge in [0.15, 0.2) is 0 Å². The average Bonchev–Trinajstić information content (AvgIpc) is 2.37. The molecule has 1 N–H and O–H groups in total. The lowest BCUT2D eigenvalue weighted by molar-refractivity contribution is 0.0134. The maximum atomic E-state index is 10.7. The molecule has 0 amide bonds. The average molecular weight is 250 g/mol. The van der Waals surface area contributed by atoms with E-state index >= 15 is 0 Å². The smallest absolute Gasteiger partial charge is 0.0599 e. The van der Waals surface area contributed by atoms with Crippen LogP contribution in [0, 0.1) is 23.7 Å². The molecule has 0 saturated heterocycles. The third-order valence-corrected chi connectivity index (χ3v) is 5.19. The van der Waals surface area contributed by atoms with Gasteiger partial charge in [0.1, 0.15) is 0 Å². The van der Waals surface area contributed by atoms with Crippen LogP contribution in [0.1, 0.15) is 65.7 Å². The van der Waals surface area contributed by atoms with Gasteiger partial charge < -0.3 is 5.11 Å². The summed E-state index contributed by atoms with van der Waals surface area (Å²) in [5, 5.41) is 10.7. The van der Waals surface area contributed by atoms with Crippen LogP contribution in [0.15, 0.2) is 11.6 Å². The van der Waals surface area contributed by atoms with Crippen molar-refractivity contribution in [3.63, 3.8) is 0 Å². The highest BCUT2D eigenvalue weighted by atomic mass is 16.3. The minimum absolute atomic E-state index is 0.0505. The summed E-state index contributed by atoms with van der Waals surface area (Å²) in [6, 6.07) is 0. The van der Waals surface area contributed by atoms with E-state index in [0.717, 1.165) is 12.3 Å². The number of rotatable bonds is 3. The molecule has 0 radical (unpaired) electrons. The second kappa shape index (κ2) is 6.23. The maximum absolute atomic E-state index is 10.7.